The highest BCUT2D eigenvalue weighted by Crippen LogP contribution is 2.21. The number of allylic oxidation sites excluding steroid dienone is 1. The van der Waals surface area contributed by atoms with Gasteiger partial charge in [0, 0.05) is 11.6 Å². The van der Waals surface area contributed by atoms with Gasteiger partial charge in [-0.05, 0) is 31.0 Å². The first kappa shape index (κ1) is 12.6. The van der Waals surface area contributed by atoms with E-state index in [0.29, 0.717) is 17.3 Å². The molecule has 0 atom stereocenters. The highest BCUT2D eigenvalue weighted by atomic mass is 35.5. The number of carbonyl (C=O) groups excluding carboxylic acids is 1. The Kier molecular flexibility index (Phi) is 4.38. The second-order valence-corrected chi connectivity index (χ2v) is 3.72. The summed E-state index contributed by atoms with van der Waals surface area (Å²) in [6.07, 6.45) is -0.551. The van der Waals surface area contributed by atoms with Gasteiger partial charge in [-0.25, -0.2) is 4.79 Å². The van der Waals surface area contributed by atoms with Gasteiger partial charge >= 0.3 is 6.09 Å². The summed E-state index contributed by atoms with van der Waals surface area (Å²) in [6, 6.07) is 5.57. The van der Waals surface area contributed by atoms with E-state index < -0.39 is 6.09 Å². The molecule has 0 aliphatic heterocycles. The number of aryl methyl sites for hydroxylation is 1. The van der Waals surface area contributed by atoms with Gasteiger partial charge in [-0.15, -0.1) is 11.6 Å². The van der Waals surface area contributed by atoms with Crippen molar-refractivity contribution in [3.8, 4) is 0 Å². The standard InChI is InChI=1S/C12H14ClNO2/c1-8(2)16-12(15)14-11-6-4-5-9(3)10(11)7-13/h4-6H,1,7H2,2-3H3,(H,14,15). The third kappa shape index (κ3) is 3.28. The number of benzene rings is 1. The Balaban J connectivity index is 2.84. The van der Waals surface area contributed by atoms with E-state index in [1.165, 1.54) is 0 Å². The van der Waals surface area contributed by atoms with Crippen molar-refractivity contribution in [3.05, 3.63) is 41.7 Å². The molecule has 0 spiro atoms. The third-order valence-electron chi connectivity index (χ3n) is 2.05. The van der Waals surface area contributed by atoms with Crippen LogP contribution in [0.15, 0.2) is 30.5 Å². The van der Waals surface area contributed by atoms with Crippen LogP contribution < -0.4 is 5.32 Å². The molecule has 0 aliphatic rings. The first-order chi connectivity index (χ1) is 7.54. The summed E-state index contributed by atoms with van der Waals surface area (Å²) in [6.45, 7) is 7.03. The molecular weight excluding hydrogens is 226 g/mol. The van der Waals surface area contributed by atoms with Crippen molar-refractivity contribution < 1.29 is 9.53 Å². The molecule has 0 bridgehead atoms. The zero-order valence-corrected chi connectivity index (χ0v) is 10.1. The largest absolute Gasteiger partial charge is 0.416 e. The Bertz CT molecular complexity index is 415. The minimum atomic E-state index is -0.551. The summed E-state index contributed by atoms with van der Waals surface area (Å²) in [5, 5.41) is 2.63. The Hall–Kier alpha value is -1.48. The summed E-state index contributed by atoms with van der Waals surface area (Å²) in [7, 11) is 0. The quantitative estimate of drug-likeness (QED) is 0.643. The SMILES string of the molecule is C=C(C)OC(=O)Nc1cccc(C)c1CCl. The minimum Gasteiger partial charge on any atom is -0.416 e. The Morgan fingerprint density at radius 3 is 2.81 bits per heavy atom. The first-order valence-corrected chi connectivity index (χ1v) is 5.37. The fourth-order valence-corrected chi connectivity index (χ4v) is 1.65. The van der Waals surface area contributed by atoms with Gasteiger partial charge in [-0.1, -0.05) is 18.7 Å². The van der Waals surface area contributed by atoms with Crippen molar-refractivity contribution in [1.29, 1.82) is 0 Å². The number of amides is 1. The number of carbonyl (C=O) groups is 1. The predicted molar refractivity (Wildman–Crippen MR) is 65.7 cm³/mol. The predicted octanol–water partition coefficient (Wildman–Crippen LogP) is 3.82. The van der Waals surface area contributed by atoms with E-state index >= 15 is 0 Å². The lowest BCUT2D eigenvalue weighted by atomic mass is 10.1. The van der Waals surface area contributed by atoms with Crippen molar-refractivity contribution in [2.45, 2.75) is 19.7 Å². The van der Waals surface area contributed by atoms with Crippen molar-refractivity contribution in [2.75, 3.05) is 5.32 Å². The molecule has 0 radical (unpaired) electrons. The van der Waals surface area contributed by atoms with E-state index in [2.05, 4.69) is 11.9 Å². The molecule has 1 aromatic rings. The molecule has 1 aromatic carbocycles. The average Bonchev–Trinajstić information content (AvgIpc) is 2.16. The molecule has 1 amide bonds. The highest BCUT2D eigenvalue weighted by Gasteiger charge is 2.08. The maximum Gasteiger partial charge on any atom is 0.416 e. The molecule has 0 saturated carbocycles. The van der Waals surface area contributed by atoms with Crippen LogP contribution in [0, 0.1) is 6.92 Å². The molecule has 16 heavy (non-hydrogen) atoms. The van der Waals surface area contributed by atoms with Crippen molar-refractivity contribution in [1.82, 2.24) is 0 Å². The van der Waals surface area contributed by atoms with Crippen molar-refractivity contribution >= 4 is 23.4 Å². The van der Waals surface area contributed by atoms with Gasteiger partial charge in [-0.3, -0.25) is 5.32 Å². The Morgan fingerprint density at radius 2 is 2.25 bits per heavy atom. The maximum absolute atomic E-state index is 11.4. The molecule has 0 saturated heterocycles. The van der Waals surface area contributed by atoms with E-state index in [1.54, 1.807) is 13.0 Å². The molecule has 4 heteroatoms. The molecule has 1 rings (SSSR count). The van der Waals surface area contributed by atoms with E-state index in [-0.39, 0.29) is 0 Å². The minimum absolute atomic E-state index is 0.343. The lowest BCUT2D eigenvalue weighted by Gasteiger charge is -2.11. The molecule has 1 N–H and O–H groups in total. The molecule has 0 aliphatic carbocycles. The molecule has 0 fully saturated rings. The fourth-order valence-electron chi connectivity index (χ4n) is 1.29. The first-order valence-electron chi connectivity index (χ1n) is 4.83. The second kappa shape index (κ2) is 5.56. The summed E-state index contributed by atoms with van der Waals surface area (Å²) in [5.41, 5.74) is 2.59. The normalized spacial score (nSPS) is 9.69. The van der Waals surface area contributed by atoms with Gasteiger partial charge in [0.25, 0.3) is 0 Å². The van der Waals surface area contributed by atoms with Crippen LogP contribution in [-0.4, -0.2) is 6.09 Å². The van der Waals surface area contributed by atoms with E-state index in [1.807, 2.05) is 19.1 Å². The highest BCUT2D eigenvalue weighted by molar-refractivity contribution is 6.17. The molecule has 0 aromatic heterocycles. The van der Waals surface area contributed by atoms with E-state index in [9.17, 15) is 4.79 Å². The van der Waals surface area contributed by atoms with Crippen LogP contribution in [0.3, 0.4) is 0 Å². The van der Waals surface area contributed by atoms with Crippen LogP contribution in [0.25, 0.3) is 0 Å². The lowest BCUT2D eigenvalue weighted by Crippen LogP contribution is -2.13. The van der Waals surface area contributed by atoms with Crippen molar-refractivity contribution in [2.24, 2.45) is 0 Å². The lowest BCUT2D eigenvalue weighted by molar-refractivity contribution is 0.192. The number of alkyl halides is 1. The second-order valence-electron chi connectivity index (χ2n) is 3.45. The Morgan fingerprint density at radius 1 is 1.56 bits per heavy atom. The topological polar surface area (TPSA) is 38.3 Å². The number of ether oxygens (including phenoxy) is 1. The van der Waals surface area contributed by atoms with Crippen LogP contribution >= 0.6 is 11.6 Å². The molecule has 0 unspecified atom stereocenters. The number of halogens is 1. The van der Waals surface area contributed by atoms with Gasteiger partial charge < -0.3 is 4.74 Å². The van der Waals surface area contributed by atoms with Crippen LogP contribution in [0.1, 0.15) is 18.1 Å². The average molecular weight is 240 g/mol. The zero-order chi connectivity index (χ0) is 12.1. The number of hydrogen-bond donors (Lipinski definition) is 1. The number of hydrogen-bond acceptors (Lipinski definition) is 2. The smallest absolute Gasteiger partial charge is 0.416 e. The zero-order valence-electron chi connectivity index (χ0n) is 9.34. The maximum atomic E-state index is 11.4. The van der Waals surface area contributed by atoms with Crippen LogP contribution in [0.5, 0.6) is 0 Å². The van der Waals surface area contributed by atoms with Crippen LogP contribution in [0.4, 0.5) is 10.5 Å². The Labute approximate surface area is 100 Å². The van der Waals surface area contributed by atoms with Gasteiger partial charge in [0.1, 0.15) is 0 Å². The van der Waals surface area contributed by atoms with Crippen LogP contribution in [-0.2, 0) is 10.6 Å². The van der Waals surface area contributed by atoms with Crippen molar-refractivity contribution in [3.63, 3.8) is 0 Å². The van der Waals surface area contributed by atoms with Crippen LogP contribution in [0.2, 0.25) is 0 Å². The summed E-state index contributed by atoms with van der Waals surface area (Å²) in [5.74, 6) is 0.688. The van der Waals surface area contributed by atoms with Gasteiger partial charge in [-0.2, -0.15) is 0 Å². The van der Waals surface area contributed by atoms with Gasteiger partial charge in [0.15, 0.2) is 0 Å². The molecule has 3 nitrogen and oxygen atoms in total. The summed E-state index contributed by atoms with van der Waals surface area (Å²) >= 11 is 5.82. The third-order valence-corrected chi connectivity index (χ3v) is 2.31. The molecule has 86 valence electrons. The summed E-state index contributed by atoms with van der Waals surface area (Å²) < 4.78 is 4.81. The number of nitrogens with one attached hydrogen (secondary N) is 1. The monoisotopic (exact) mass is 239 g/mol. The summed E-state index contributed by atoms with van der Waals surface area (Å²) in [4.78, 5) is 11.4. The fraction of sp³-hybridized carbons (Fsp3) is 0.250. The van der Waals surface area contributed by atoms with E-state index in [0.717, 1.165) is 11.1 Å². The molecular formula is C12H14ClNO2. The number of anilines is 1. The number of rotatable bonds is 3. The van der Waals surface area contributed by atoms with Gasteiger partial charge in [0.05, 0.1) is 5.76 Å². The molecule has 0 heterocycles. The van der Waals surface area contributed by atoms with Gasteiger partial charge in [0.2, 0.25) is 0 Å². The van der Waals surface area contributed by atoms with E-state index in [4.69, 9.17) is 16.3 Å².